The third kappa shape index (κ3) is 4.83. The van der Waals surface area contributed by atoms with Crippen LogP contribution < -0.4 is 4.74 Å². The molecule has 2 aromatic carbocycles. The van der Waals surface area contributed by atoms with E-state index >= 15 is 0 Å². The van der Waals surface area contributed by atoms with Crippen molar-refractivity contribution in [3.63, 3.8) is 0 Å². The van der Waals surface area contributed by atoms with Crippen molar-refractivity contribution in [2.24, 2.45) is 0 Å². The summed E-state index contributed by atoms with van der Waals surface area (Å²) in [7, 11) is 0. The van der Waals surface area contributed by atoms with E-state index in [4.69, 9.17) is 4.74 Å². The maximum absolute atomic E-state index is 14.1. The third-order valence-electron chi connectivity index (χ3n) is 3.76. The van der Waals surface area contributed by atoms with Gasteiger partial charge in [-0.25, -0.2) is 4.39 Å². The van der Waals surface area contributed by atoms with Crippen LogP contribution in [0.15, 0.2) is 36.4 Å². The standard InChI is InChI=1S/C21H22F2O/c1-3-5-6-15-24-19-14-13-18(20(22)21(19)23)12-11-17-9-7-16(4-2)8-10-17/h7-10,13-14H,3-6,15H2,1-2H3. The molecule has 0 saturated carbocycles. The van der Waals surface area contributed by atoms with Crippen LogP contribution in [0, 0.1) is 23.5 Å². The van der Waals surface area contributed by atoms with E-state index in [9.17, 15) is 8.78 Å². The molecule has 0 amide bonds. The largest absolute Gasteiger partial charge is 0.490 e. The number of benzene rings is 2. The van der Waals surface area contributed by atoms with Gasteiger partial charge in [0.2, 0.25) is 5.82 Å². The van der Waals surface area contributed by atoms with Crippen molar-refractivity contribution in [2.45, 2.75) is 39.5 Å². The molecule has 0 aliphatic rings. The van der Waals surface area contributed by atoms with Crippen molar-refractivity contribution in [3.8, 4) is 17.6 Å². The second-order valence-corrected chi connectivity index (χ2v) is 5.60. The predicted octanol–water partition coefficient (Wildman–Crippen LogP) is 5.50. The lowest BCUT2D eigenvalue weighted by Gasteiger charge is -2.08. The van der Waals surface area contributed by atoms with Gasteiger partial charge in [-0.15, -0.1) is 0 Å². The Bertz CT molecular complexity index is 724. The molecule has 0 radical (unpaired) electrons. The molecule has 2 rings (SSSR count). The monoisotopic (exact) mass is 328 g/mol. The quantitative estimate of drug-likeness (QED) is 0.503. The number of hydrogen-bond acceptors (Lipinski definition) is 1. The smallest absolute Gasteiger partial charge is 0.201 e. The third-order valence-corrected chi connectivity index (χ3v) is 3.76. The van der Waals surface area contributed by atoms with Gasteiger partial charge in [0.05, 0.1) is 12.2 Å². The minimum Gasteiger partial charge on any atom is -0.490 e. The summed E-state index contributed by atoms with van der Waals surface area (Å²) in [5.74, 6) is 3.57. The zero-order valence-electron chi connectivity index (χ0n) is 14.2. The zero-order valence-corrected chi connectivity index (χ0v) is 14.2. The summed E-state index contributed by atoms with van der Waals surface area (Å²) >= 11 is 0. The molecular weight excluding hydrogens is 306 g/mol. The van der Waals surface area contributed by atoms with Crippen molar-refractivity contribution in [2.75, 3.05) is 6.61 Å². The second kappa shape index (κ2) is 9.08. The lowest BCUT2D eigenvalue weighted by molar-refractivity contribution is 0.286. The summed E-state index contributed by atoms with van der Waals surface area (Å²) in [6.45, 7) is 4.53. The van der Waals surface area contributed by atoms with Crippen LogP contribution in [0.4, 0.5) is 8.78 Å². The summed E-state index contributed by atoms with van der Waals surface area (Å²) in [5, 5.41) is 0. The highest BCUT2D eigenvalue weighted by atomic mass is 19.2. The average molecular weight is 328 g/mol. The Hall–Kier alpha value is -2.34. The highest BCUT2D eigenvalue weighted by Crippen LogP contribution is 2.22. The first-order chi connectivity index (χ1) is 11.7. The van der Waals surface area contributed by atoms with Gasteiger partial charge in [0.1, 0.15) is 0 Å². The Morgan fingerprint density at radius 3 is 2.29 bits per heavy atom. The molecule has 0 N–H and O–H groups in total. The fraction of sp³-hybridized carbons (Fsp3) is 0.333. The van der Waals surface area contributed by atoms with E-state index in [0.717, 1.165) is 31.2 Å². The van der Waals surface area contributed by atoms with Crippen molar-refractivity contribution in [1.29, 1.82) is 0 Å². The molecule has 3 heteroatoms. The molecule has 0 aromatic heterocycles. The molecule has 0 aliphatic heterocycles. The van der Waals surface area contributed by atoms with E-state index in [1.54, 1.807) is 0 Å². The van der Waals surface area contributed by atoms with Crippen LogP contribution in [-0.4, -0.2) is 6.61 Å². The maximum Gasteiger partial charge on any atom is 0.201 e. The second-order valence-electron chi connectivity index (χ2n) is 5.60. The van der Waals surface area contributed by atoms with Gasteiger partial charge >= 0.3 is 0 Å². The Balaban J connectivity index is 2.11. The molecule has 0 spiro atoms. The molecule has 0 fully saturated rings. The molecule has 2 aromatic rings. The van der Waals surface area contributed by atoms with Crippen LogP contribution in [-0.2, 0) is 6.42 Å². The number of ether oxygens (including phenoxy) is 1. The van der Waals surface area contributed by atoms with Gasteiger partial charge < -0.3 is 4.74 Å². The van der Waals surface area contributed by atoms with Gasteiger partial charge in [0.15, 0.2) is 11.6 Å². The first-order valence-corrected chi connectivity index (χ1v) is 8.37. The molecule has 0 heterocycles. The molecule has 24 heavy (non-hydrogen) atoms. The number of hydrogen-bond donors (Lipinski definition) is 0. The molecule has 0 saturated heterocycles. The van der Waals surface area contributed by atoms with E-state index in [1.165, 1.54) is 17.7 Å². The molecule has 1 nitrogen and oxygen atoms in total. The van der Waals surface area contributed by atoms with Gasteiger partial charge in [-0.1, -0.05) is 50.7 Å². The van der Waals surface area contributed by atoms with Gasteiger partial charge in [0, 0.05) is 5.56 Å². The summed E-state index contributed by atoms with van der Waals surface area (Å²) in [6, 6.07) is 10.6. The fourth-order valence-corrected chi connectivity index (χ4v) is 2.24. The van der Waals surface area contributed by atoms with Crippen LogP contribution in [0.25, 0.3) is 0 Å². The summed E-state index contributed by atoms with van der Waals surface area (Å²) in [6.07, 6.45) is 3.83. The topological polar surface area (TPSA) is 9.23 Å². The van der Waals surface area contributed by atoms with E-state index in [-0.39, 0.29) is 11.3 Å². The molecule has 0 unspecified atom stereocenters. The Labute approximate surface area is 142 Å². The molecular formula is C21H22F2O. The Kier molecular flexibility index (Phi) is 6.81. The molecule has 126 valence electrons. The predicted molar refractivity (Wildman–Crippen MR) is 93.2 cm³/mol. The van der Waals surface area contributed by atoms with E-state index in [2.05, 4.69) is 25.7 Å². The number of unbranched alkanes of at least 4 members (excludes halogenated alkanes) is 2. The van der Waals surface area contributed by atoms with Crippen LogP contribution >= 0.6 is 0 Å². The van der Waals surface area contributed by atoms with Crippen molar-refractivity contribution in [3.05, 3.63) is 64.7 Å². The highest BCUT2D eigenvalue weighted by Gasteiger charge is 2.13. The maximum atomic E-state index is 14.1. The number of rotatable bonds is 6. The minimum atomic E-state index is -0.973. The van der Waals surface area contributed by atoms with Crippen molar-refractivity contribution in [1.82, 2.24) is 0 Å². The van der Waals surface area contributed by atoms with Gasteiger partial charge in [-0.05, 0) is 42.7 Å². The van der Waals surface area contributed by atoms with Crippen molar-refractivity contribution < 1.29 is 13.5 Å². The van der Waals surface area contributed by atoms with Crippen LogP contribution in [0.5, 0.6) is 5.75 Å². The average Bonchev–Trinajstić information content (AvgIpc) is 2.62. The molecule has 0 bridgehead atoms. The zero-order chi connectivity index (χ0) is 17.4. The summed E-state index contributed by atoms with van der Waals surface area (Å²) < 4.78 is 33.4. The first-order valence-electron chi connectivity index (χ1n) is 8.37. The highest BCUT2D eigenvalue weighted by molar-refractivity contribution is 5.46. The van der Waals surface area contributed by atoms with E-state index < -0.39 is 11.6 Å². The Morgan fingerprint density at radius 1 is 0.875 bits per heavy atom. The summed E-state index contributed by atoms with van der Waals surface area (Å²) in [4.78, 5) is 0. The van der Waals surface area contributed by atoms with Crippen LogP contribution in [0.2, 0.25) is 0 Å². The van der Waals surface area contributed by atoms with Gasteiger partial charge in [-0.3, -0.25) is 0 Å². The van der Waals surface area contributed by atoms with Gasteiger partial charge in [-0.2, -0.15) is 4.39 Å². The van der Waals surface area contributed by atoms with Gasteiger partial charge in [0.25, 0.3) is 0 Å². The molecule has 0 aliphatic carbocycles. The van der Waals surface area contributed by atoms with Crippen LogP contribution in [0.1, 0.15) is 49.8 Å². The Morgan fingerprint density at radius 2 is 1.62 bits per heavy atom. The number of halogens is 2. The van der Waals surface area contributed by atoms with E-state index in [0.29, 0.717) is 6.61 Å². The summed E-state index contributed by atoms with van der Waals surface area (Å²) in [5.41, 5.74) is 2.02. The van der Waals surface area contributed by atoms with E-state index in [1.807, 2.05) is 24.3 Å². The SMILES string of the molecule is CCCCCOc1ccc(C#Cc2ccc(CC)cc2)c(F)c1F. The van der Waals surface area contributed by atoms with Crippen LogP contribution in [0.3, 0.4) is 0 Å². The fourth-order valence-electron chi connectivity index (χ4n) is 2.24. The lowest BCUT2D eigenvalue weighted by atomic mass is 10.1. The van der Waals surface area contributed by atoms with Crippen molar-refractivity contribution >= 4 is 0 Å². The normalized spacial score (nSPS) is 10.2. The minimum absolute atomic E-state index is 0.0352. The molecule has 0 atom stereocenters. The lowest BCUT2D eigenvalue weighted by Crippen LogP contribution is -2.01. The number of aryl methyl sites for hydroxylation is 1. The first kappa shape index (κ1) is 18.0.